The van der Waals surface area contributed by atoms with Gasteiger partial charge in [-0.15, -0.1) is 10.2 Å². The van der Waals surface area contributed by atoms with Crippen molar-refractivity contribution in [2.24, 2.45) is 13.0 Å². The van der Waals surface area contributed by atoms with Crippen LogP contribution in [0.1, 0.15) is 47.2 Å². The van der Waals surface area contributed by atoms with Crippen LogP contribution >= 0.6 is 39.3 Å². The first-order chi connectivity index (χ1) is 16.1. The molecule has 1 atom stereocenters. The summed E-state index contributed by atoms with van der Waals surface area (Å²) in [5, 5.41) is 15.7. The predicted molar refractivity (Wildman–Crippen MR) is 140 cm³/mol. The lowest BCUT2D eigenvalue weighted by atomic mass is 10.0. The Labute approximate surface area is 217 Å². The quantitative estimate of drug-likeness (QED) is 0.342. The molecule has 2 aromatic carbocycles. The molecule has 0 unspecified atom stereocenters. The molecule has 34 heavy (non-hydrogen) atoms. The molecule has 0 radical (unpaired) electrons. The van der Waals surface area contributed by atoms with Crippen LogP contribution in [-0.2, 0) is 11.8 Å². The van der Waals surface area contributed by atoms with Crippen molar-refractivity contribution in [3.63, 3.8) is 0 Å². The van der Waals surface area contributed by atoms with Crippen molar-refractivity contribution < 1.29 is 9.59 Å². The van der Waals surface area contributed by atoms with E-state index in [9.17, 15) is 9.59 Å². The molecule has 7 nitrogen and oxygen atoms in total. The molecule has 0 saturated carbocycles. The number of hydrogen-bond donors (Lipinski definition) is 2. The Kier molecular flexibility index (Phi) is 8.78. The van der Waals surface area contributed by atoms with E-state index in [1.165, 1.54) is 11.8 Å². The number of halogens is 2. The first-order valence-corrected chi connectivity index (χ1v) is 12.9. The third-order valence-corrected chi connectivity index (χ3v) is 7.32. The minimum Gasteiger partial charge on any atom is -0.342 e. The van der Waals surface area contributed by atoms with Crippen LogP contribution in [0.5, 0.6) is 0 Å². The maximum atomic E-state index is 12.7. The van der Waals surface area contributed by atoms with E-state index < -0.39 is 0 Å². The number of aryl methyl sites for hydroxylation is 2. The second-order valence-corrected chi connectivity index (χ2v) is 10.6. The summed E-state index contributed by atoms with van der Waals surface area (Å²) < 4.78 is 2.66. The maximum Gasteiger partial charge on any atom is 0.251 e. The van der Waals surface area contributed by atoms with Crippen molar-refractivity contribution in [3.05, 3.63) is 68.4 Å². The number of anilines is 1. The van der Waals surface area contributed by atoms with E-state index in [1.807, 2.05) is 51.4 Å². The Morgan fingerprint density at radius 3 is 2.41 bits per heavy atom. The molecule has 1 heterocycles. The summed E-state index contributed by atoms with van der Waals surface area (Å²) >= 11 is 10.7. The van der Waals surface area contributed by atoms with Gasteiger partial charge in [-0.3, -0.25) is 9.59 Å². The molecule has 0 saturated heterocycles. The Morgan fingerprint density at radius 1 is 1.12 bits per heavy atom. The molecule has 0 aliphatic heterocycles. The van der Waals surface area contributed by atoms with E-state index in [0.717, 1.165) is 21.3 Å². The number of rotatable bonds is 8. The number of nitrogens with zero attached hydrogens (tertiary/aromatic N) is 3. The fraction of sp³-hybridized carbons (Fsp3) is 0.333. The van der Waals surface area contributed by atoms with Crippen LogP contribution in [0.4, 0.5) is 5.69 Å². The van der Waals surface area contributed by atoms with Crippen molar-refractivity contribution in [2.75, 3.05) is 11.1 Å². The Balaban J connectivity index is 1.67. The van der Waals surface area contributed by atoms with Crippen molar-refractivity contribution in [3.8, 4) is 0 Å². The van der Waals surface area contributed by atoms with Gasteiger partial charge in [-0.25, -0.2) is 0 Å². The number of hydrogen-bond acceptors (Lipinski definition) is 5. The van der Waals surface area contributed by atoms with Gasteiger partial charge in [0, 0.05) is 22.1 Å². The third kappa shape index (κ3) is 6.40. The van der Waals surface area contributed by atoms with Crippen LogP contribution in [0.15, 0.2) is 46.0 Å². The molecule has 0 fully saturated rings. The number of nitrogens with one attached hydrogen (secondary N) is 2. The highest BCUT2D eigenvalue weighted by Crippen LogP contribution is 2.27. The molecule has 3 rings (SSSR count). The van der Waals surface area contributed by atoms with Gasteiger partial charge < -0.3 is 15.2 Å². The molecule has 0 bridgehead atoms. The van der Waals surface area contributed by atoms with Crippen molar-refractivity contribution >= 4 is 56.8 Å². The second-order valence-electron chi connectivity index (χ2n) is 8.35. The molecule has 10 heteroatoms. The van der Waals surface area contributed by atoms with Crippen molar-refractivity contribution in [2.45, 2.75) is 38.9 Å². The first kappa shape index (κ1) is 26.2. The van der Waals surface area contributed by atoms with E-state index >= 15 is 0 Å². The highest BCUT2D eigenvalue weighted by Gasteiger charge is 2.25. The van der Waals surface area contributed by atoms with Gasteiger partial charge in [-0.1, -0.05) is 37.2 Å². The number of thioether (sulfide) groups is 1. The topological polar surface area (TPSA) is 88.9 Å². The molecule has 180 valence electrons. The molecule has 1 aromatic heterocycles. The number of carbonyl (C=O) groups is 2. The number of amides is 2. The summed E-state index contributed by atoms with van der Waals surface area (Å²) in [6.07, 6.45) is 0. The van der Waals surface area contributed by atoms with Gasteiger partial charge in [0.25, 0.3) is 5.91 Å². The van der Waals surface area contributed by atoms with Gasteiger partial charge in [-0.05, 0) is 83.2 Å². The largest absolute Gasteiger partial charge is 0.342 e. The normalized spacial score (nSPS) is 12.0. The Morgan fingerprint density at radius 2 is 1.76 bits per heavy atom. The molecule has 3 aromatic rings. The molecular formula is C24H27BrClN5O2S. The van der Waals surface area contributed by atoms with E-state index in [1.54, 1.807) is 24.3 Å². The van der Waals surface area contributed by atoms with Crippen LogP contribution in [-0.4, -0.2) is 32.3 Å². The van der Waals surface area contributed by atoms with Gasteiger partial charge in [0.15, 0.2) is 11.0 Å². The average molecular weight is 565 g/mol. The van der Waals surface area contributed by atoms with Crippen LogP contribution in [0.25, 0.3) is 0 Å². The predicted octanol–water partition coefficient (Wildman–Crippen LogP) is 5.71. The molecule has 2 amide bonds. The summed E-state index contributed by atoms with van der Waals surface area (Å²) in [6, 6.07) is 10.3. The lowest BCUT2D eigenvalue weighted by Crippen LogP contribution is -2.33. The molecular weight excluding hydrogens is 538 g/mol. The molecule has 2 N–H and O–H groups in total. The van der Waals surface area contributed by atoms with Gasteiger partial charge >= 0.3 is 0 Å². The monoisotopic (exact) mass is 563 g/mol. The minimum atomic E-state index is -0.352. The molecule has 0 aliphatic carbocycles. The van der Waals surface area contributed by atoms with Crippen LogP contribution < -0.4 is 10.6 Å². The molecule has 0 spiro atoms. The highest BCUT2D eigenvalue weighted by molar-refractivity contribution is 9.10. The summed E-state index contributed by atoms with van der Waals surface area (Å²) in [7, 11) is 1.83. The average Bonchev–Trinajstić information content (AvgIpc) is 3.14. The standard InChI is InChI=1S/C24H27BrClN5O2S/c1-13(2)21(28-23(33)16-6-8-17(26)9-7-16)22-29-30-24(31(22)5)34-12-20(32)27-19-11-15(4)14(3)10-18(19)25/h6-11,13,21H,12H2,1-5H3,(H,27,32)(H,28,33)/t21-/m1/s1. The van der Waals surface area contributed by atoms with Gasteiger partial charge in [0.2, 0.25) is 5.91 Å². The van der Waals surface area contributed by atoms with E-state index in [0.29, 0.717) is 21.6 Å². The summed E-state index contributed by atoms with van der Waals surface area (Å²) in [6.45, 7) is 8.03. The zero-order chi connectivity index (χ0) is 25.0. The number of carbonyl (C=O) groups excluding carboxylic acids is 2. The lowest BCUT2D eigenvalue weighted by molar-refractivity contribution is -0.113. The Hall–Kier alpha value is -2.36. The van der Waals surface area contributed by atoms with Gasteiger partial charge in [0.05, 0.1) is 17.5 Å². The van der Waals surface area contributed by atoms with E-state index in [2.05, 4.69) is 36.8 Å². The number of aromatic nitrogens is 3. The Bertz CT molecular complexity index is 1200. The zero-order valence-corrected chi connectivity index (χ0v) is 22.8. The highest BCUT2D eigenvalue weighted by atomic mass is 79.9. The van der Waals surface area contributed by atoms with Gasteiger partial charge in [-0.2, -0.15) is 0 Å². The number of benzene rings is 2. The van der Waals surface area contributed by atoms with E-state index in [4.69, 9.17) is 11.6 Å². The third-order valence-electron chi connectivity index (χ3n) is 5.40. The van der Waals surface area contributed by atoms with Crippen molar-refractivity contribution in [1.29, 1.82) is 0 Å². The fourth-order valence-corrected chi connectivity index (χ4v) is 4.67. The van der Waals surface area contributed by atoms with Gasteiger partial charge in [0.1, 0.15) is 0 Å². The fourth-order valence-electron chi connectivity index (χ4n) is 3.27. The lowest BCUT2D eigenvalue weighted by Gasteiger charge is -2.21. The van der Waals surface area contributed by atoms with Crippen LogP contribution in [0, 0.1) is 19.8 Å². The first-order valence-electron chi connectivity index (χ1n) is 10.7. The van der Waals surface area contributed by atoms with Crippen molar-refractivity contribution in [1.82, 2.24) is 20.1 Å². The van der Waals surface area contributed by atoms with Crippen LogP contribution in [0.3, 0.4) is 0 Å². The second kappa shape index (κ2) is 11.4. The molecule has 0 aliphatic rings. The zero-order valence-electron chi connectivity index (χ0n) is 19.6. The minimum absolute atomic E-state index is 0.0717. The SMILES string of the molecule is Cc1cc(Br)c(NC(=O)CSc2nnc([C@H](NC(=O)c3ccc(Cl)cc3)C(C)C)n2C)cc1C. The summed E-state index contributed by atoms with van der Waals surface area (Å²) in [4.78, 5) is 25.3. The van der Waals surface area contributed by atoms with Crippen LogP contribution in [0.2, 0.25) is 5.02 Å². The summed E-state index contributed by atoms with van der Waals surface area (Å²) in [5.74, 6) is 0.509. The van der Waals surface area contributed by atoms with E-state index in [-0.39, 0.29) is 29.5 Å². The smallest absolute Gasteiger partial charge is 0.251 e. The summed E-state index contributed by atoms with van der Waals surface area (Å²) in [5.41, 5.74) is 3.50. The maximum absolute atomic E-state index is 12.7.